The summed E-state index contributed by atoms with van der Waals surface area (Å²) < 4.78 is 70.4. The number of benzene rings is 2. The van der Waals surface area contributed by atoms with E-state index in [1.54, 1.807) is 66.7 Å². The molecule has 14 heteroatoms. The highest BCUT2D eigenvalue weighted by Crippen LogP contribution is 2.63. The van der Waals surface area contributed by atoms with E-state index in [1.165, 1.54) is 12.1 Å². The monoisotopic (exact) mass is 712 g/mol. The Balaban J connectivity index is 1.84. The molecule has 2 atom stereocenters. The number of halogens is 3. The van der Waals surface area contributed by atoms with Gasteiger partial charge in [-0.15, -0.1) is 0 Å². The molecule has 0 spiro atoms. The summed E-state index contributed by atoms with van der Waals surface area (Å²) >= 11 is 0. The third-order valence-corrected chi connectivity index (χ3v) is 11.3. The van der Waals surface area contributed by atoms with E-state index in [0.717, 1.165) is 22.6 Å². The van der Waals surface area contributed by atoms with Crippen molar-refractivity contribution >= 4 is 25.5 Å². The number of rotatable bonds is 11. The highest BCUT2D eigenvalue weighted by Gasteiger charge is 2.58. The molecule has 3 rings (SSSR count). The standard InChI is InChI=1S/C35H48F3N2O8P/c1-8-46-49(45)22-21-39(23-26-13-9-10-14-28(26)25-15-17-27(18-16-25)35(36,37)38)24-34(49,29(41)42)19-11-12-20-40(30(43)47-32(2,3)4)31(44)48-33(5,6)7/h9-10,13-18H,8,11-12,19-24H2,1-7H3,(H,41,42). The van der Waals surface area contributed by atoms with E-state index in [4.69, 9.17) is 14.0 Å². The number of carboxylic acids is 1. The van der Waals surface area contributed by atoms with Crippen LogP contribution in [0.4, 0.5) is 22.8 Å². The smallest absolute Gasteiger partial charge is 0.419 e. The lowest BCUT2D eigenvalue weighted by molar-refractivity contribution is -0.142. The minimum Gasteiger partial charge on any atom is -0.480 e. The van der Waals surface area contributed by atoms with Crippen molar-refractivity contribution in [3.63, 3.8) is 0 Å². The van der Waals surface area contributed by atoms with Gasteiger partial charge in [-0.25, -0.2) is 14.5 Å². The minimum absolute atomic E-state index is 0.0163. The molecular formula is C35H48F3N2O8P. The third kappa shape index (κ3) is 10.5. The molecule has 1 aliphatic heterocycles. The normalized spacial score (nSPS) is 20.4. The molecule has 1 N–H and O–H groups in total. The molecule has 0 radical (unpaired) electrons. The van der Waals surface area contributed by atoms with Crippen molar-refractivity contribution in [2.45, 2.75) is 96.8 Å². The van der Waals surface area contributed by atoms with Gasteiger partial charge < -0.3 is 19.1 Å². The molecule has 1 fully saturated rings. The lowest BCUT2D eigenvalue weighted by Crippen LogP contribution is -2.54. The number of carboxylic acid groups (broad SMARTS) is 1. The molecule has 1 aliphatic rings. The van der Waals surface area contributed by atoms with Gasteiger partial charge in [-0.1, -0.05) is 36.4 Å². The minimum atomic E-state index is -4.47. The van der Waals surface area contributed by atoms with Gasteiger partial charge in [-0.05, 0) is 96.6 Å². The lowest BCUT2D eigenvalue weighted by atomic mass is 9.96. The first-order valence-corrected chi connectivity index (χ1v) is 18.1. The van der Waals surface area contributed by atoms with E-state index in [0.29, 0.717) is 11.1 Å². The molecule has 1 saturated heterocycles. The molecule has 2 amide bonds. The molecule has 2 unspecified atom stereocenters. The van der Waals surface area contributed by atoms with Crippen LogP contribution < -0.4 is 0 Å². The van der Waals surface area contributed by atoms with Gasteiger partial charge in [0, 0.05) is 32.3 Å². The van der Waals surface area contributed by atoms with Crippen molar-refractivity contribution < 1.29 is 51.2 Å². The van der Waals surface area contributed by atoms with E-state index in [9.17, 15) is 37.2 Å². The fraction of sp³-hybridized carbons (Fsp3) is 0.571. The van der Waals surface area contributed by atoms with Crippen LogP contribution >= 0.6 is 7.37 Å². The summed E-state index contributed by atoms with van der Waals surface area (Å²) in [6.45, 7) is 12.0. The molecule has 0 aliphatic carbocycles. The SMILES string of the molecule is CCOP1(=O)CCN(Cc2ccccc2-c2ccc(C(F)(F)F)cc2)CC1(CCCCN(C(=O)OC(C)(C)C)C(=O)OC(C)(C)C)C(=O)O. The molecule has 2 aromatic carbocycles. The molecule has 10 nitrogen and oxygen atoms in total. The number of nitrogens with zero attached hydrogens (tertiary/aromatic N) is 2. The Kier molecular flexibility index (Phi) is 12.8. The predicted octanol–water partition coefficient (Wildman–Crippen LogP) is 8.67. The quantitative estimate of drug-likeness (QED) is 0.180. The van der Waals surface area contributed by atoms with Crippen LogP contribution in [0.5, 0.6) is 0 Å². The lowest BCUT2D eigenvalue weighted by Gasteiger charge is -2.45. The van der Waals surface area contributed by atoms with Gasteiger partial charge in [-0.3, -0.25) is 14.3 Å². The van der Waals surface area contributed by atoms with Crippen molar-refractivity contribution in [3.05, 3.63) is 59.7 Å². The zero-order valence-corrected chi connectivity index (χ0v) is 30.2. The van der Waals surface area contributed by atoms with Crippen molar-refractivity contribution in [2.24, 2.45) is 0 Å². The van der Waals surface area contributed by atoms with Gasteiger partial charge in [0.05, 0.1) is 12.2 Å². The second-order valence-corrected chi connectivity index (χ2v) is 17.1. The molecule has 49 heavy (non-hydrogen) atoms. The number of alkyl halides is 3. The number of carbonyl (C=O) groups is 3. The highest BCUT2D eigenvalue weighted by molar-refractivity contribution is 7.62. The number of unbranched alkanes of at least 4 members (excludes halogenated alkanes) is 1. The fourth-order valence-electron chi connectivity index (χ4n) is 5.74. The Labute approximate surface area is 286 Å². The van der Waals surface area contributed by atoms with Crippen molar-refractivity contribution in [2.75, 3.05) is 32.4 Å². The molecule has 0 saturated carbocycles. The Bertz CT molecular complexity index is 1490. The van der Waals surface area contributed by atoms with Gasteiger partial charge in [-0.2, -0.15) is 13.2 Å². The number of hydrogen-bond acceptors (Lipinski definition) is 8. The van der Waals surface area contributed by atoms with Crippen molar-refractivity contribution in [1.82, 2.24) is 9.80 Å². The Morgan fingerprint density at radius 1 is 0.918 bits per heavy atom. The topological polar surface area (TPSA) is 123 Å². The Morgan fingerprint density at radius 3 is 2.00 bits per heavy atom. The number of hydrogen-bond donors (Lipinski definition) is 1. The van der Waals surface area contributed by atoms with E-state index < -0.39 is 53.6 Å². The van der Waals surface area contributed by atoms with Crippen molar-refractivity contribution in [1.29, 1.82) is 0 Å². The number of amides is 2. The molecule has 272 valence electrons. The number of ether oxygens (including phenoxy) is 2. The second-order valence-electron chi connectivity index (χ2n) is 14.2. The maximum Gasteiger partial charge on any atom is 0.419 e. The van der Waals surface area contributed by atoms with Gasteiger partial charge in [0.15, 0.2) is 5.16 Å². The first kappa shape index (κ1) is 40.0. The summed E-state index contributed by atoms with van der Waals surface area (Å²) in [5, 5.41) is 8.89. The maximum atomic E-state index is 14.3. The van der Waals surface area contributed by atoms with Crippen molar-refractivity contribution in [3.8, 4) is 11.1 Å². The largest absolute Gasteiger partial charge is 0.480 e. The number of carbonyl (C=O) groups excluding carboxylic acids is 2. The summed E-state index contributed by atoms with van der Waals surface area (Å²) in [7, 11) is -3.75. The third-order valence-electron chi connectivity index (χ3n) is 7.97. The summed E-state index contributed by atoms with van der Waals surface area (Å²) in [5.74, 6) is -1.28. The molecule has 0 bridgehead atoms. The summed E-state index contributed by atoms with van der Waals surface area (Å²) in [4.78, 5) is 41.7. The van der Waals surface area contributed by atoms with Gasteiger partial charge in [0.2, 0.25) is 7.37 Å². The molecular weight excluding hydrogens is 664 g/mol. The summed E-state index contributed by atoms with van der Waals surface area (Å²) in [6, 6.07) is 12.0. The van der Waals surface area contributed by atoms with Crippen LogP contribution in [0.2, 0.25) is 0 Å². The van der Waals surface area contributed by atoms with Crippen LogP contribution in [0.1, 0.15) is 78.9 Å². The Morgan fingerprint density at radius 2 is 1.49 bits per heavy atom. The maximum absolute atomic E-state index is 14.3. The zero-order chi connectivity index (χ0) is 36.8. The Hall–Kier alpha value is -3.41. The van der Waals surface area contributed by atoms with Gasteiger partial charge in [0.1, 0.15) is 11.2 Å². The van der Waals surface area contributed by atoms with Crippen LogP contribution in [0, 0.1) is 0 Å². The average molecular weight is 713 g/mol. The van der Waals surface area contributed by atoms with Crippen LogP contribution in [-0.2, 0) is 36.1 Å². The first-order chi connectivity index (χ1) is 22.6. The zero-order valence-electron chi connectivity index (χ0n) is 29.3. The van der Waals surface area contributed by atoms with Gasteiger partial charge >= 0.3 is 24.3 Å². The van der Waals surface area contributed by atoms with E-state index in [1.807, 2.05) is 11.0 Å². The fourth-order valence-corrected chi connectivity index (χ4v) is 8.72. The predicted molar refractivity (Wildman–Crippen MR) is 180 cm³/mol. The molecule has 2 aromatic rings. The van der Waals surface area contributed by atoms with Gasteiger partial charge in [0.25, 0.3) is 0 Å². The second kappa shape index (κ2) is 15.6. The van der Waals surface area contributed by atoms with Crippen LogP contribution in [0.25, 0.3) is 11.1 Å². The number of imide groups is 1. The van der Waals surface area contributed by atoms with Crippen LogP contribution in [-0.4, -0.2) is 81.8 Å². The molecule has 1 heterocycles. The van der Waals surface area contributed by atoms with Crippen LogP contribution in [0.15, 0.2) is 48.5 Å². The van der Waals surface area contributed by atoms with E-state index >= 15 is 0 Å². The summed E-state index contributed by atoms with van der Waals surface area (Å²) in [5.41, 5.74) is -0.496. The average Bonchev–Trinajstić information content (AvgIpc) is 2.96. The van der Waals surface area contributed by atoms with Crippen LogP contribution in [0.3, 0.4) is 0 Å². The van der Waals surface area contributed by atoms with E-state index in [-0.39, 0.29) is 58.2 Å². The number of aliphatic carboxylic acids is 1. The summed E-state index contributed by atoms with van der Waals surface area (Å²) in [6.07, 6.45) is -5.98. The first-order valence-electron chi connectivity index (χ1n) is 16.3. The molecule has 0 aromatic heterocycles. The highest BCUT2D eigenvalue weighted by atomic mass is 31.2. The van der Waals surface area contributed by atoms with E-state index in [2.05, 4.69) is 0 Å².